The van der Waals surface area contributed by atoms with E-state index in [9.17, 15) is 0 Å². The predicted octanol–water partition coefficient (Wildman–Crippen LogP) is 3.68. The summed E-state index contributed by atoms with van der Waals surface area (Å²) >= 11 is 5.92. The SMILES string of the molecule is CC(N)CCC1CCCN(Cc2ccc(Cl)cc2)C1. The van der Waals surface area contributed by atoms with Crippen molar-refractivity contribution in [1.29, 1.82) is 0 Å². The Balaban J connectivity index is 1.82. The van der Waals surface area contributed by atoms with Gasteiger partial charge >= 0.3 is 0 Å². The minimum atomic E-state index is 0.339. The van der Waals surface area contributed by atoms with Crippen LogP contribution in [0, 0.1) is 5.92 Å². The second kappa shape index (κ2) is 7.28. The molecule has 2 unspecified atom stereocenters. The van der Waals surface area contributed by atoms with Crippen molar-refractivity contribution in [2.24, 2.45) is 11.7 Å². The number of nitrogens with zero attached hydrogens (tertiary/aromatic N) is 1. The summed E-state index contributed by atoms with van der Waals surface area (Å²) in [6.07, 6.45) is 5.11. The summed E-state index contributed by atoms with van der Waals surface area (Å²) in [4.78, 5) is 2.57. The first-order valence-corrected chi connectivity index (χ1v) is 7.73. The maximum Gasteiger partial charge on any atom is 0.0406 e. The number of rotatable bonds is 5. The van der Waals surface area contributed by atoms with Gasteiger partial charge in [0.05, 0.1) is 0 Å². The summed E-state index contributed by atoms with van der Waals surface area (Å²) in [6.45, 7) is 5.59. The molecule has 2 N–H and O–H groups in total. The van der Waals surface area contributed by atoms with Gasteiger partial charge in [0.25, 0.3) is 0 Å². The minimum Gasteiger partial charge on any atom is -0.328 e. The molecule has 0 aromatic heterocycles. The van der Waals surface area contributed by atoms with Crippen LogP contribution in [0.5, 0.6) is 0 Å². The van der Waals surface area contributed by atoms with E-state index in [4.69, 9.17) is 17.3 Å². The Morgan fingerprint density at radius 1 is 1.37 bits per heavy atom. The van der Waals surface area contributed by atoms with Crippen molar-refractivity contribution in [3.63, 3.8) is 0 Å². The van der Waals surface area contributed by atoms with Crippen molar-refractivity contribution in [3.8, 4) is 0 Å². The lowest BCUT2D eigenvalue weighted by atomic mass is 9.92. The molecule has 1 fully saturated rings. The molecule has 1 aromatic rings. The van der Waals surface area contributed by atoms with Crippen LogP contribution in [0.1, 0.15) is 38.2 Å². The van der Waals surface area contributed by atoms with Gasteiger partial charge in [0.2, 0.25) is 0 Å². The summed E-state index contributed by atoms with van der Waals surface area (Å²) in [6, 6.07) is 8.57. The van der Waals surface area contributed by atoms with Crippen molar-refractivity contribution in [3.05, 3.63) is 34.9 Å². The fourth-order valence-electron chi connectivity index (χ4n) is 2.88. The van der Waals surface area contributed by atoms with E-state index in [1.54, 1.807) is 0 Å². The Bertz CT molecular complexity index is 375. The zero-order valence-electron chi connectivity index (χ0n) is 11.8. The lowest BCUT2D eigenvalue weighted by Gasteiger charge is -2.33. The molecule has 0 bridgehead atoms. The lowest BCUT2D eigenvalue weighted by Crippen LogP contribution is -2.35. The van der Waals surface area contributed by atoms with E-state index in [1.165, 1.54) is 37.9 Å². The number of benzene rings is 1. The van der Waals surface area contributed by atoms with E-state index >= 15 is 0 Å². The standard InChI is InChI=1S/C16H25ClN2/c1-13(18)4-5-14-3-2-10-19(11-14)12-15-6-8-16(17)9-7-15/h6-9,13-14H,2-5,10-12,18H2,1H3. The van der Waals surface area contributed by atoms with Gasteiger partial charge in [-0.1, -0.05) is 23.7 Å². The van der Waals surface area contributed by atoms with Gasteiger partial charge in [0, 0.05) is 24.2 Å². The van der Waals surface area contributed by atoms with Gasteiger partial charge in [-0.25, -0.2) is 0 Å². The van der Waals surface area contributed by atoms with E-state index in [0.717, 1.165) is 23.9 Å². The van der Waals surface area contributed by atoms with Crippen LogP contribution in [0.2, 0.25) is 5.02 Å². The number of hydrogen-bond donors (Lipinski definition) is 1. The van der Waals surface area contributed by atoms with Gasteiger partial charge in [0.1, 0.15) is 0 Å². The zero-order valence-corrected chi connectivity index (χ0v) is 12.6. The van der Waals surface area contributed by atoms with Crippen LogP contribution in [-0.2, 0) is 6.54 Å². The topological polar surface area (TPSA) is 29.3 Å². The largest absolute Gasteiger partial charge is 0.328 e. The Labute approximate surface area is 121 Å². The van der Waals surface area contributed by atoms with Gasteiger partial charge in [-0.3, -0.25) is 4.90 Å². The Hall–Kier alpha value is -0.570. The van der Waals surface area contributed by atoms with Crippen LogP contribution in [0.4, 0.5) is 0 Å². The third-order valence-electron chi connectivity index (χ3n) is 3.95. The zero-order chi connectivity index (χ0) is 13.7. The quantitative estimate of drug-likeness (QED) is 0.891. The lowest BCUT2D eigenvalue weighted by molar-refractivity contribution is 0.159. The van der Waals surface area contributed by atoms with Crippen molar-refractivity contribution >= 4 is 11.6 Å². The van der Waals surface area contributed by atoms with Crippen molar-refractivity contribution in [2.75, 3.05) is 13.1 Å². The average Bonchev–Trinajstić information content (AvgIpc) is 2.40. The third kappa shape index (κ3) is 5.13. The monoisotopic (exact) mass is 280 g/mol. The molecule has 0 spiro atoms. The number of nitrogens with two attached hydrogens (primary N) is 1. The summed E-state index contributed by atoms with van der Waals surface area (Å²) in [5, 5.41) is 0.817. The van der Waals surface area contributed by atoms with Crippen LogP contribution >= 0.6 is 11.6 Å². The molecular weight excluding hydrogens is 256 g/mol. The highest BCUT2D eigenvalue weighted by molar-refractivity contribution is 6.30. The van der Waals surface area contributed by atoms with Crippen LogP contribution < -0.4 is 5.73 Å². The van der Waals surface area contributed by atoms with E-state index in [0.29, 0.717) is 6.04 Å². The van der Waals surface area contributed by atoms with Crippen LogP contribution in [0.25, 0.3) is 0 Å². The molecule has 0 aliphatic carbocycles. The summed E-state index contributed by atoms with van der Waals surface area (Å²) < 4.78 is 0. The predicted molar refractivity (Wildman–Crippen MR) is 82.3 cm³/mol. The van der Waals surface area contributed by atoms with Crippen molar-refractivity contribution in [2.45, 2.75) is 45.2 Å². The Morgan fingerprint density at radius 2 is 2.11 bits per heavy atom. The van der Waals surface area contributed by atoms with Crippen LogP contribution in [-0.4, -0.2) is 24.0 Å². The van der Waals surface area contributed by atoms with E-state index in [2.05, 4.69) is 24.0 Å². The van der Waals surface area contributed by atoms with E-state index in [-0.39, 0.29) is 0 Å². The molecule has 0 amide bonds. The maximum atomic E-state index is 5.92. The molecule has 1 aliphatic heterocycles. The fraction of sp³-hybridized carbons (Fsp3) is 0.625. The molecule has 1 aromatic carbocycles. The van der Waals surface area contributed by atoms with Gasteiger partial charge in [0.15, 0.2) is 0 Å². The second-order valence-corrected chi connectivity index (χ2v) is 6.36. The molecule has 2 nitrogen and oxygen atoms in total. The second-order valence-electron chi connectivity index (χ2n) is 5.92. The third-order valence-corrected chi connectivity index (χ3v) is 4.20. The van der Waals surface area contributed by atoms with E-state index < -0.39 is 0 Å². The van der Waals surface area contributed by atoms with Gasteiger partial charge < -0.3 is 5.73 Å². The highest BCUT2D eigenvalue weighted by Crippen LogP contribution is 2.23. The minimum absolute atomic E-state index is 0.339. The molecule has 1 saturated heterocycles. The highest BCUT2D eigenvalue weighted by atomic mass is 35.5. The molecule has 2 rings (SSSR count). The number of halogens is 1. The fourth-order valence-corrected chi connectivity index (χ4v) is 3.00. The van der Waals surface area contributed by atoms with Crippen molar-refractivity contribution in [1.82, 2.24) is 4.90 Å². The average molecular weight is 281 g/mol. The normalized spacial score (nSPS) is 22.4. The first-order valence-electron chi connectivity index (χ1n) is 7.36. The maximum absolute atomic E-state index is 5.92. The number of piperidine rings is 1. The van der Waals surface area contributed by atoms with Crippen LogP contribution in [0.3, 0.4) is 0 Å². The number of likely N-dealkylation sites (tertiary alicyclic amines) is 1. The number of hydrogen-bond acceptors (Lipinski definition) is 2. The van der Waals surface area contributed by atoms with Gasteiger partial charge in [-0.2, -0.15) is 0 Å². The highest BCUT2D eigenvalue weighted by Gasteiger charge is 2.19. The molecule has 2 atom stereocenters. The molecule has 0 saturated carbocycles. The van der Waals surface area contributed by atoms with Crippen molar-refractivity contribution < 1.29 is 0 Å². The molecule has 1 aliphatic rings. The summed E-state index contributed by atoms with van der Waals surface area (Å²) in [5.74, 6) is 0.826. The Morgan fingerprint density at radius 3 is 2.79 bits per heavy atom. The van der Waals surface area contributed by atoms with Gasteiger partial charge in [-0.05, 0) is 62.8 Å². The van der Waals surface area contributed by atoms with Crippen LogP contribution in [0.15, 0.2) is 24.3 Å². The van der Waals surface area contributed by atoms with E-state index in [1.807, 2.05) is 12.1 Å². The molecule has 0 radical (unpaired) electrons. The molecule has 1 heterocycles. The summed E-state index contributed by atoms with van der Waals surface area (Å²) in [5.41, 5.74) is 7.21. The first kappa shape index (κ1) is 14.8. The molecular formula is C16H25ClN2. The van der Waals surface area contributed by atoms with Gasteiger partial charge in [-0.15, -0.1) is 0 Å². The molecule has 3 heteroatoms. The first-order chi connectivity index (χ1) is 9.13. The smallest absolute Gasteiger partial charge is 0.0406 e. The molecule has 19 heavy (non-hydrogen) atoms. The summed E-state index contributed by atoms with van der Waals surface area (Å²) in [7, 11) is 0. The molecule has 106 valence electrons. The Kier molecular flexibility index (Phi) is 5.68.